The van der Waals surface area contributed by atoms with E-state index >= 15 is 0 Å². The zero-order valence-corrected chi connectivity index (χ0v) is 9.20. The molecule has 0 saturated heterocycles. The van der Waals surface area contributed by atoms with Crippen molar-refractivity contribution in [3.8, 4) is 0 Å². The number of para-hydroxylation sites is 2. The maximum absolute atomic E-state index is 4.25. The van der Waals surface area contributed by atoms with Crippen LogP contribution in [0.4, 0.5) is 0 Å². The number of aromatic nitrogens is 2. The van der Waals surface area contributed by atoms with Gasteiger partial charge in [-0.3, -0.25) is 0 Å². The fraction of sp³-hybridized carbons (Fsp3) is 0.417. The van der Waals surface area contributed by atoms with Crippen molar-refractivity contribution in [2.24, 2.45) is 0 Å². The van der Waals surface area contributed by atoms with Gasteiger partial charge in [0.2, 0.25) is 0 Å². The molecule has 0 radical (unpaired) electrons. The summed E-state index contributed by atoms with van der Waals surface area (Å²) in [5.74, 6) is 0. The largest absolute Gasteiger partial charge is 0.331 e. The summed E-state index contributed by atoms with van der Waals surface area (Å²) in [7, 11) is 0. The molecule has 0 aliphatic rings. The molecule has 0 saturated carbocycles. The van der Waals surface area contributed by atoms with Gasteiger partial charge in [0.15, 0.2) is 0 Å². The normalized spacial score (nSPS) is 9.64. The number of hydrogen-bond donors (Lipinski definition) is 0. The van der Waals surface area contributed by atoms with Gasteiger partial charge in [0.05, 0.1) is 17.4 Å². The van der Waals surface area contributed by atoms with Crippen LogP contribution in [0, 0.1) is 0 Å². The maximum atomic E-state index is 4.25. The standard InChI is InChI=1S/C9H10N2.C3H8/c1-2-11-7-10-8-5-3-4-6-9(8)11;1-3-2/h3-7H,2H2,1H3;3H2,1-2H3. The van der Waals surface area contributed by atoms with Gasteiger partial charge in [0.25, 0.3) is 0 Å². The summed E-state index contributed by atoms with van der Waals surface area (Å²) in [6.07, 6.45) is 3.13. The van der Waals surface area contributed by atoms with Crippen molar-refractivity contribution < 1.29 is 0 Å². The molecule has 0 fully saturated rings. The van der Waals surface area contributed by atoms with Crippen LogP contribution >= 0.6 is 0 Å². The number of hydrogen-bond acceptors (Lipinski definition) is 1. The van der Waals surface area contributed by atoms with E-state index in [1.54, 1.807) is 0 Å². The average Bonchev–Trinajstić information content (AvgIpc) is 2.62. The predicted octanol–water partition coefficient (Wildman–Crippen LogP) is 3.47. The molecule has 2 aromatic rings. The number of rotatable bonds is 1. The number of benzene rings is 1. The van der Waals surface area contributed by atoms with E-state index in [9.17, 15) is 0 Å². The van der Waals surface area contributed by atoms with Crippen molar-refractivity contribution in [3.63, 3.8) is 0 Å². The summed E-state index contributed by atoms with van der Waals surface area (Å²) >= 11 is 0. The van der Waals surface area contributed by atoms with E-state index in [0.717, 1.165) is 12.1 Å². The van der Waals surface area contributed by atoms with Crippen LogP contribution in [0.2, 0.25) is 0 Å². The Kier molecular flexibility index (Phi) is 4.17. The third-order valence-corrected chi connectivity index (χ3v) is 1.87. The Morgan fingerprint density at radius 3 is 2.43 bits per heavy atom. The topological polar surface area (TPSA) is 17.8 Å². The lowest BCUT2D eigenvalue weighted by Gasteiger charge is -1.95. The number of nitrogens with zero attached hydrogens (tertiary/aromatic N) is 2. The highest BCUT2D eigenvalue weighted by molar-refractivity contribution is 5.74. The zero-order chi connectivity index (χ0) is 10.4. The van der Waals surface area contributed by atoms with E-state index in [4.69, 9.17) is 0 Å². The van der Waals surface area contributed by atoms with Gasteiger partial charge in [-0.25, -0.2) is 4.98 Å². The molecule has 0 unspecified atom stereocenters. The Morgan fingerprint density at radius 1 is 1.14 bits per heavy atom. The third-order valence-electron chi connectivity index (χ3n) is 1.87. The Bertz CT molecular complexity index is 376. The second-order valence-electron chi connectivity index (χ2n) is 3.23. The summed E-state index contributed by atoms with van der Waals surface area (Å²) < 4.78 is 2.13. The van der Waals surface area contributed by atoms with Crippen molar-refractivity contribution in [1.82, 2.24) is 9.55 Å². The van der Waals surface area contributed by atoms with Crippen LogP contribution in [0.25, 0.3) is 11.0 Å². The minimum absolute atomic E-state index is 0.987. The summed E-state index contributed by atoms with van der Waals surface area (Å²) in [5.41, 5.74) is 2.30. The Labute approximate surface area is 85.6 Å². The van der Waals surface area contributed by atoms with Crippen molar-refractivity contribution in [2.75, 3.05) is 0 Å². The SMILES string of the molecule is CCC.CCn1cnc2ccccc21. The van der Waals surface area contributed by atoms with Crippen molar-refractivity contribution in [1.29, 1.82) is 0 Å². The number of imidazole rings is 1. The fourth-order valence-corrected chi connectivity index (χ4v) is 1.26. The second-order valence-corrected chi connectivity index (χ2v) is 3.23. The lowest BCUT2D eigenvalue weighted by atomic mass is 10.3. The molecule has 0 amide bonds. The van der Waals surface area contributed by atoms with Gasteiger partial charge in [-0.05, 0) is 19.1 Å². The number of fused-ring (bicyclic) bond motifs is 1. The number of aryl methyl sites for hydroxylation is 1. The molecular formula is C12H18N2. The van der Waals surface area contributed by atoms with Crippen molar-refractivity contribution in [3.05, 3.63) is 30.6 Å². The third kappa shape index (κ3) is 2.34. The van der Waals surface area contributed by atoms with Crippen LogP contribution in [-0.2, 0) is 6.54 Å². The Hall–Kier alpha value is -1.31. The molecule has 0 aliphatic carbocycles. The van der Waals surface area contributed by atoms with Crippen LogP contribution < -0.4 is 0 Å². The first-order valence-corrected chi connectivity index (χ1v) is 5.23. The van der Waals surface area contributed by atoms with Crippen LogP contribution in [0.15, 0.2) is 30.6 Å². The first-order valence-electron chi connectivity index (χ1n) is 5.23. The highest BCUT2D eigenvalue weighted by Crippen LogP contribution is 2.10. The molecule has 2 heteroatoms. The first kappa shape index (κ1) is 10.8. The van der Waals surface area contributed by atoms with E-state index in [0.29, 0.717) is 0 Å². The van der Waals surface area contributed by atoms with E-state index in [1.165, 1.54) is 11.9 Å². The molecule has 1 aromatic heterocycles. The molecule has 2 rings (SSSR count). The highest BCUT2D eigenvalue weighted by Gasteiger charge is 1.96. The lowest BCUT2D eigenvalue weighted by Crippen LogP contribution is -1.89. The quantitative estimate of drug-likeness (QED) is 0.673. The van der Waals surface area contributed by atoms with E-state index < -0.39 is 0 Å². The molecular weight excluding hydrogens is 172 g/mol. The molecule has 1 heterocycles. The fourth-order valence-electron chi connectivity index (χ4n) is 1.26. The van der Waals surface area contributed by atoms with Crippen LogP contribution in [-0.4, -0.2) is 9.55 Å². The van der Waals surface area contributed by atoms with E-state index in [-0.39, 0.29) is 0 Å². The van der Waals surface area contributed by atoms with Crippen molar-refractivity contribution in [2.45, 2.75) is 33.7 Å². The van der Waals surface area contributed by atoms with E-state index in [1.807, 2.05) is 24.5 Å². The maximum Gasteiger partial charge on any atom is 0.0958 e. The Morgan fingerprint density at radius 2 is 1.79 bits per heavy atom. The molecule has 0 spiro atoms. The van der Waals surface area contributed by atoms with Gasteiger partial charge < -0.3 is 4.57 Å². The minimum atomic E-state index is 0.987. The van der Waals surface area contributed by atoms with Crippen LogP contribution in [0.5, 0.6) is 0 Å². The second kappa shape index (κ2) is 5.43. The van der Waals surface area contributed by atoms with Crippen LogP contribution in [0.1, 0.15) is 27.2 Å². The summed E-state index contributed by atoms with van der Waals surface area (Å²) in [6, 6.07) is 8.17. The zero-order valence-electron chi connectivity index (χ0n) is 9.20. The summed E-state index contributed by atoms with van der Waals surface area (Å²) in [6.45, 7) is 7.36. The van der Waals surface area contributed by atoms with Gasteiger partial charge in [-0.15, -0.1) is 0 Å². The van der Waals surface area contributed by atoms with Gasteiger partial charge in [-0.2, -0.15) is 0 Å². The molecule has 76 valence electrons. The first-order chi connectivity index (χ1) is 6.83. The van der Waals surface area contributed by atoms with Gasteiger partial charge in [-0.1, -0.05) is 32.4 Å². The minimum Gasteiger partial charge on any atom is -0.331 e. The molecule has 14 heavy (non-hydrogen) atoms. The van der Waals surface area contributed by atoms with Gasteiger partial charge in [0.1, 0.15) is 0 Å². The lowest BCUT2D eigenvalue weighted by molar-refractivity contribution is 0.787. The molecule has 2 nitrogen and oxygen atoms in total. The summed E-state index contributed by atoms with van der Waals surface area (Å²) in [4.78, 5) is 4.25. The van der Waals surface area contributed by atoms with Gasteiger partial charge in [0, 0.05) is 6.54 Å². The van der Waals surface area contributed by atoms with Crippen molar-refractivity contribution >= 4 is 11.0 Å². The molecule has 0 N–H and O–H groups in total. The Balaban J connectivity index is 0.000000293. The monoisotopic (exact) mass is 190 g/mol. The highest BCUT2D eigenvalue weighted by atomic mass is 15.0. The smallest absolute Gasteiger partial charge is 0.0958 e. The van der Waals surface area contributed by atoms with Gasteiger partial charge >= 0.3 is 0 Å². The molecule has 0 bridgehead atoms. The molecule has 0 aliphatic heterocycles. The van der Waals surface area contributed by atoms with E-state index in [2.05, 4.69) is 36.4 Å². The molecule has 0 atom stereocenters. The summed E-state index contributed by atoms with van der Waals surface area (Å²) in [5, 5.41) is 0. The molecule has 1 aromatic carbocycles. The predicted molar refractivity (Wildman–Crippen MR) is 61.4 cm³/mol. The average molecular weight is 190 g/mol. The van der Waals surface area contributed by atoms with Crippen LogP contribution in [0.3, 0.4) is 0 Å².